The molecule has 0 atom stereocenters. The molecule has 0 aliphatic rings. The Morgan fingerprint density at radius 3 is 2.33 bits per heavy atom. The van der Waals surface area contributed by atoms with Crippen LogP contribution in [0, 0.1) is 0 Å². The van der Waals surface area contributed by atoms with E-state index in [1.165, 1.54) is 16.7 Å². The molecule has 2 aromatic rings. The van der Waals surface area contributed by atoms with Crippen molar-refractivity contribution in [2.24, 2.45) is 0 Å². The summed E-state index contributed by atoms with van der Waals surface area (Å²) >= 11 is 0. The normalized spacial score (nSPS) is 10.7. The van der Waals surface area contributed by atoms with Gasteiger partial charge in [-0.15, -0.1) is 0 Å². The molecule has 0 saturated heterocycles. The first-order chi connectivity index (χ1) is 10.1. The summed E-state index contributed by atoms with van der Waals surface area (Å²) in [6.45, 7) is 4.41. The van der Waals surface area contributed by atoms with Gasteiger partial charge in [0, 0.05) is 0 Å². The lowest BCUT2D eigenvalue weighted by atomic mass is 9.97. The second-order valence-corrected chi connectivity index (χ2v) is 5.58. The summed E-state index contributed by atoms with van der Waals surface area (Å²) in [5, 5.41) is 0. The first-order valence-electron chi connectivity index (χ1n) is 7.43. The van der Waals surface area contributed by atoms with Crippen LogP contribution in [-0.2, 0) is 12.8 Å². The Hall–Kier alpha value is -1.96. The average molecular weight is 284 g/mol. The fourth-order valence-electron chi connectivity index (χ4n) is 2.47. The Bertz CT molecular complexity index is 588. The molecule has 21 heavy (non-hydrogen) atoms. The van der Waals surface area contributed by atoms with Crippen molar-refractivity contribution in [1.29, 1.82) is 0 Å². The molecular formula is C19H24O2. The van der Waals surface area contributed by atoms with Gasteiger partial charge in [0.1, 0.15) is 11.5 Å². The first kappa shape index (κ1) is 15.4. The zero-order chi connectivity index (χ0) is 15.2. The fourth-order valence-corrected chi connectivity index (χ4v) is 2.47. The Kier molecular flexibility index (Phi) is 5.26. The molecule has 0 aromatic heterocycles. The molecule has 112 valence electrons. The van der Waals surface area contributed by atoms with Crippen LogP contribution in [-0.4, -0.2) is 14.2 Å². The Morgan fingerprint density at radius 1 is 0.905 bits per heavy atom. The molecule has 2 nitrogen and oxygen atoms in total. The summed E-state index contributed by atoms with van der Waals surface area (Å²) in [5.41, 5.74) is 3.88. The molecule has 2 rings (SSSR count). The summed E-state index contributed by atoms with van der Waals surface area (Å²) in [6.07, 6.45) is 1.95. The third kappa shape index (κ3) is 4.01. The van der Waals surface area contributed by atoms with Crippen molar-refractivity contribution in [1.82, 2.24) is 0 Å². The second kappa shape index (κ2) is 7.16. The Morgan fingerprint density at radius 2 is 1.67 bits per heavy atom. The molecule has 0 aliphatic carbocycles. The van der Waals surface area contributed by atoms with Crippen molar-refractivity contribution in [3.63, 3.8) is 0 Å². The Balaban J connectivity index is 2.17. The highest BCUT2D eigenvalue weighted by Gasteiger charge is 2.07. The maximum absolute atomic E-state index is 5.42. The molecular weight excluding hydrogens is 260 g/mol. The van der Waals surface area contributed by atoms with Gasteiger partial charge in [-0.3, -0.25) is 0 Å². The number of ether oxygens (including phenoxy) is 2. The molecule has 2 heteroatoms. The molecule has 0 fully saturated rings. The predicted octanol–water partition coefficient (Wildman–Crippen LogP) is 4.61. The number of para-hydroxylation sites is 1. The lowest BCUT2D eigenvalue weighted by Gasteiger charge is -2.12. The molecule has 0 heterocycles. The maximum atomic E-state index is 5.42. The van der Waals surface area contributed by atoms with Crippen molar-refractivity contribution in [3.8, 4) is 11.5 Å². The van der Waals surface area contributed by atoms with Crippen molar-refractivity contribution in [2.45, 2.75) is 32.6 Å². The minimum atomic E-state index is 0.505. The van der Waals surface area contributed by atoms with Gasteiger partial charge in [-0.1, -0.05) is 38.1 Å². The van der Waals surface area contributed by atoms with Gasteiger partial charge in [0.2, 0.25) is 0 Å². The topological polar surface area (TPSA) is 18.5 Å². The van der Waals surface area contributed by atoms with Crippen molar-refractivity contribution >= 4 is 0 Å². The van der Waals surface area contributed by atoms with E-state index < -0.39 is 0 Å². The van der Waals surface area contributed by atoms with E-state index in [2.05, 4.69) is 44.2 Å². The highest BCUT2D eigenvalue weighted by Crippen LogP contribution is 2.25. The van der Waals surface area contributed by atoms with E-state index in [4.69, 9.17) is 9.47 Å². The van der Waals surface area contributed by atoms with E-state index in [1.54, 1.807) is 14.2 Å². The molecule has 0 bridgehead atoms. The third-order valence-corrected chi connectivity index (χ3v) is 3.77. The molecule has 0 N–H and O–H groups in total. The van der Waals surface area contributed by atoms with Crippen LogP contribution in [0.5, 0.6) is 11.5 Å². The molecule has 2 aromatic carbocycles. The second-order valence-electron chi connectivity index (χ2n) is 5.58. The molecule has 0 unspecified atom stereocenters. The van der Waals surface area contributed by atoms with E-state index in [0.717, 1.165) is 24.3 Å². The molecule has 0 saturated carbocycles. The maximum Gasteiger partial charge on any atom is 0.122 e. The molecule has 0 spiro atoms. The van der Waals surface area contributed by atoms with E-state index in [9.17, 15) is 0 Å². The van der Waals surface area contributed by atoms with Gasteiger partial charge in [-0.25, -0.2) is 0 Å². The highest BCUT2D eigenvalue weighted by molar-refractivity contribution is 5.38. The number of hydrogen-bond acceptors (Lipinski definition) is 2. The smallest absolute Gasteiger partial charge is 0.122 e. The zero-order valence-corrected chi connectivity index (χ0v) is 13.3. The largest absolute Gasteiger partial charge is 0.497 e. The van der Waals surface area contributed by atoms with Crippen molar-refractivity contribution in [2.75, 3.05) is 14.2 Å². The van der Waals surface area contributed by atoms with Crippen LogP contribution in [0.15, 0.2) is 42.5 Å². The van der Waals surface area contributed by atoms with E-state index in [0.29, 0.717) is 5.92 Å². The number of hydrogen-bond donors (Lipinski definition) is 0. The average Bonchev–Trinajstić information content (AvgIpc) is 2.52. The van der Waals surface area contributed by atoms with Gasteiger partial charge < -0.3 is 9.47 Å². The van der Waals surface area contributed by atoms with Crippen LogP contribution in [0.25, 0.3) is 0 Å². The van der Waals surface area contributed by atoms with Gasteiger partial charge in [-0.2, -0.15) is 0 Å². The van der Waals surface area contributed by atoms with E-state index in [-0.39, 0.29) is 0 Å². The first-order valence-corrected chi connectivity index (χ1v) is 7.43. The standard InChI is InChI=1S/C19H24O2/c1-14(2)17-11-15(12-18(13-17)20-3)9-10-16-7-5-6-8-19(16)21-4/h5-8,11-14H,9-10H2,1-4H3. The monoisotopic (exact) mass is 284 g/mol. The van der Waals surface area contributed by atoms with Gasteiger partial charge in [-0.05, 0) is 53.6 Å². The van der Waals surface area contributed by atoms with Gasteiger partial charge in [0.25, 0.3) is 0 Å². The number of benzene rings is 2. The third-order valence-electron chi connectivity index (χ3n) is 3.77. The molecule has 0 aliphatic heterocycles. The predicted molar refractivity (Wildman–Crippen MR) is 87.5 cm³/mol. The minimum Gasteiger partial charge on any atom is -0.497 e. The van der Waals surface area contributed by atoms with E-state index >= 15 is 0 Å². The lowest BCUT2D eigenvalue weighted by Crippen LogP contribution is -1.98. The van der Waals surface area contributed by atoms with Crippen molar-refractivity contribution < 1.29 is 9.47 Å². The zero-order valence-electron chi connectivity index (χ0n) is 13.3. The molecule has 0 amide bonds. The highest BCUT2D eigenvalue weighted by atomic mass is 16.5. The number of rotatable bonds is 6. The number of aryl methyl sites for hydroxylation is 2. The summed E-state index contributed by atoms with van der Waals surface area (Å²) in [7, 11) is 3.45. The summed E-state index contributed by atoms with van der Waals surface area (Å²) in [4.78, 5) is 0. The van der Waals surface area contributed by atoms with Crippen LogP contribution in [0.1, 0.15) is 36.5 Å². The van der Waals surface area contributed by atoms with Crippen LogP contribution in [0.3, 0.4) is 0 Å². The van der Waals surface area contributed by atoms with Gasteiger partial charge in [0.15, 0.2) is 0 Å². The summed E-state index contributed by atoms with van der Waals surface area (Å²) < 4.78 is 10.8. The summed E-state index contributed by atoms with van der Waals surface area (Å²) in [5.74, 6) is 2.41. The van der Waals surface area contributed by atoms with Crippen LogP contribution >= 0.6 is 0 Å². The van der Waals surface area contributed by atoms with Crippen molar-refractivity contribution in [3.05, 3.63) is 59.2 Å². The van der Waals surface area contributed by atoms with Gasteiger partial charge in [0.05, 0.1) is 14.2 Å². The minimum absolute atomic E-state index is 0.505. The fraction of sp³-hybridized carbons (Fsp3) is 0.368. The summed E-state index contributed by atoms with van der Waals surface area (Å²) in [6, 6.07) is 14.7. The molecule has 0 radical (unpaired) electrons. The van der Waals surface area contributed by atoms with Crippen LogP contribution in [0.2, 0.25) is 0 Å². The van der Waals surface area contributed by atoms with E-state index in [1.807, 2.05) is 12.1 Å². The lowest BCUT2D eigenvalue weighted by molar-refractivity contribution is 0.409. The quantitative estimate of drug-likeness (QED) is 0.771. The number of methoxy groups -OCH3 is 2. The van der Waals surface area contributed by atoms with Crippen LogP contribution < -0.4 is 9.47 Å². The Labute approximate surface area is 127 Å². The van der Waals surface area contributed by atoms with Crippen LogP contribution in [0.4, 0.5) is 0 Å². The van der Waals surface area contributed by atoms with Gasteiger partial charge >= 0.3 is 0 Å². The SMILES string of the molecule is COc1cc(CCc2ccccc2OC)cc(C(C)C)c1.